The highest BCUT2D eigenvalue weighted by Crippen LogP contribution is 2.54. The lowest BCUT2D eigenvalue weighted by Gasteiger charge is -2.36. The highest BCUT2D eigenvalue weighted by atomic mass is 31.2. The van der Waals surface area contributed by atoms with Gasteiger partial charge in [0, 0.05) is 35.2 Å². The number of esters is 1. The topological polar surface area (TPSA) is 201 Å². The van der Waals surface area contributed by atoms with Crippen LogP contribution >= 0.6 is 7.82 Å². The molecule has 15 nitrogen and oxygen atoms in total. The molecule has 0 amide bonds. The number of phosphoric acid groups is 1. The molecule has 5 atom stereocenters. The number of aliphatic hydroxyl groups excluding tert-OH is 1. The number of hydrogen-bond donors (Lipinski definition) is 3. The van der Waals surface area contributed by atoms with Gasteiger partial charge in [-0.15, -0.1) is 0 Å². The van der Waals surface area contributed by atoms with Gasteiger partial charge in [-0.3, -0.25) is 28.2 Å². The lowest BCUT2D eigenvalue weighted by Crippen LogP contribution is -2.46. The maximum atomic E-state index is 13.7. The van der Waals surface area contributed by atoms with E-state index < -0.39 is 61.2 Å². The molecule has 4 aromatic rings. The van der Waals surface area contributed by atoms with Crippen molar-refractivity contribution in [3.05, 3.63) is 96.5 Å². The van der Waals surface area contributed by atoms with E-state index >= 15 is 0 Å². The van der Waals surface area contributed by atoms with Gasteiger partial charge in [-0.1, -0.05) is 25.1 Å². The first-order valence-electron chi connectivity index (χ1n) is 14.2. The van der Waals surface area contributed by atoms with Crippen LogP contribution < -0.4 is 16.8 Å². The molecule has 3 aliphatic rings. The van der Waals surface area contributed by atoms with Gasteiger partial charge >= 0.3 is 19.5 Å². The average molecular weight is 639 g/mol. The number of ether oxygens (including phenoxy) is 2. The number of hydrogen-bond acceptors (Lipinski definition) is 11. The number of nitrogens with zero attached hydrogens (tertiary/aromatic N) is 3. The number of nitrogens with one attached hydrogen (secondary N) is 1. The SMILES string of the molecule is CC[C@@]1(OP(=O)(O)OC[C@H]2O[C@@H](n3ccc(=O)[nH]c3=O)C[C@@H]2O)C(=O)OCc2c1cc1n(c2=O)Cc2cc3ccccc3nc2-1. The molecule has 0 bridgehead atoms. The lowest BCUT2D eigenvalue weighted by molar-refractivity contribution is -0.171. The molecule has 1 fully saturated rings. The van der Waals surface area contributed by atoms with Crippen LogP contribution in [0.4, 0.5) is 0 Å². The number of carbonyl (C=O) groups excluding carboxylic acids is 1. The monoisotopic (exact) mass is 638 g/mol. The summed E-state index contributed by atoms with van der Waals surface area (Å²) in [6, 6.07) is 12.1. The lowest BCUT2D eigenvalue weighted by atomic mass is 9.86. The van der Waals surface area contributed by atoms with Gasteiger partial charge in [0.15, 0.2) is 0 Å². The van der Waals surface area contributed by atoms with Crippen molar-refractivity contribution >= 4 is 24.7 Å². The third kappa shape index (κ3) is 4.88. The number of para-hydroxylation sites is 1. The van der Waals surface area contributed by atoms with Crippen LogP contribution in [0, 0.1) is 0 Å². The number of phosphoric ester groups is 1. The second-order valence-electron chi connectivity index (χ2n) is 11.1. The van der Waals surface area contributed by atoms with Crippen molar-refractivity contribution in [1.82, 2.24) is 19.1 Å². The average Bonchev–Trinajstić information content (AvgIpc) is 3.56. The number of fused-ring (bicyclic) bond motifs is 5. The Balaban J connectivity index is 1.18. The van der Waals surface area contributed by atoms with Crippen molar-refractivity contribution in [1.29, 1.82) is 0 Å². The molecule has 0 radical (unpaired) electrons. The van der Waals surface area contributed by atoms with Crippen molar-refractivity contribution in [2.45, 2.75) is 57.0 Å². The highest BCUT2D eigenvalue weighted by Gasteiger charge is 2.53. The summed E-state index contributed by atoms with van der Waals surface area (Å²) in [6.07, 6.45) is -2.41. The molecular formula is C29H27N4O11P. The van der Waals surface area contributed by atoms with Gasteiger partial charge in [-0.05, 0) is 24.6 Å². The van der Waals surface area contributed by atoms with E-state index in [9.17, 15) is 33.7 Å². The predicted molar refractivity (Wildman–Crippen MR) is 155 cm³/mol. The van der Waals surface area contributed by atoms with Crippen LogP contribution in [0.25, 0.3) is 22.3 Å². The second kappa shape index (κ2) is 10.7. The number of aliphatic hydroxyl groups is 1. The van der Waals surface area contributed by atoms with E-state index in [1.165, 1.54) is 17.7 Å². The molecule has 234 valence electrons. The Morgan fingerprint density at radius 2 is 1.98 bits per heavy atom. The number of aromatic amines is 1. The summed E-state index contributed by atoms with van der Waals surface area (Å²) in [7, 11) is -5.09. The van der Waals surface area contributed by atoms with Crippen molar-refractivity contribution in [2.24, 2.45) is 0 Å². The van der Waals surface area contributed by atoms with Gasteiger partial charge < -0.3 is 24.0 Å². The Kier molecular flexibility index (Phi) is 7.00. The molecule has 3 N–H and O–H groups in total. The molecule has 7 rings (SSSR count). The van der Waals surface area contributed by atoms with Gasteiger partial charge in [0.25, 0.3) is 11.1 Å². The van der Waals surface area contributed by atoms with Gasteiger partial charge in [0.1, 0.15) is 18.9 Å². The van der Waals surface area contributed by atoms with Crippen LogP contribution in [0.3, 0.4) is 0 Å². The van der Waals surface area contributed by atoms with Crippen LogP contribution in [-0.4, -0.2) is 53.9 Å². The number of cyclic esters (lactones) is 1. The summed E-state index contributed by atoms with van der Waals surface area (Å²) in [4.78, 5) is 68.2. The van der Waals surface area contributed by atoms with E-state index in [1.54, 1.807) is 6.07 Å². The van der Waals surface area contributed by atoms with Gasteiger partial charge in [0.05, 0.1) is 41.7 Å². The molecule has 1 unspecified atom stereocenters. The van der Waals surface area contributed by atoms with E-state index in [0.29, 0.717) is 16.9 Å². The molecule has 3 aliphatic heterocycles. The Morgan fingerprint density at radius 3 is 2.76 bits per heavy atom. The standard InChI is InChI=1S/C29H27N4O11P/c1-2-29(44-45(39,40)42-14-22-21(34)11-24(43-22)32-8-7-23(35)31-28(32)38)18-10-20-25-16(9-15-5-3-4-6-19(15)30-25)12-33(20)26(36)17(18)13-41-27(29)37/h3-10,21-22,24,34H,2,11-14H2,1H3,(H,39,40)(H,31,35,38)/t21-,22+,24+,29-/m0/s1. The Morgan fingerprint density at radius 1 is 1.18 bits per heavy atom. The Bertz CT molecular complexity index is 2110. The normalized spacial score (nSPS) is 25.0. The summed E-state index contributed by atoms with van der Waals surface area (Å²) in [5.41, 5.74) is -1.33. The summed E-state index contributed by atoms with van der Waals surface area (Å²) in [6.45, 7) is 0.786. The number of H-pyrrole nitrogens is 1. The third-order valence-electron chi connectivity index (χ3n) is 8.42. The molecule has 1 saturated heterocycles. The molecule has 3 aromatic heterocycles. The largest absolute Gasteiger partial charge is 0.473 e. The van der Waals surface area contributed by atoms with Crippen LogP contribution in [-0.2, 0) is 46.6 Å². The zero-order valence-electron chi connectivity index (χ0n) is 23.7. The maximum absolute atomic E-state index is 13.7. The molecule has 0 spiro atoms. The summed E-state index contributed by atoms with van der Waals surface area (Å²) in [5.74, 6) is -0.973. The number of carbonyl (C=O) groups is 1. The summed E-state index contributed by atoms with van der Waals surface area (Å²) in [5, 5.41) is 11.4. The first-order chi connectivity index (χ1) is 21.5. The molecular weight excluding hydrogens is 611 g/mol. The van der Waals surface area contributed by atoms with Crippen LogP contribution in [0.2, 0.25) is 0 Å². The maximum Gasteiger partial charge on any atom is 0.473 e. The molecule has 1 aromatic carbocycles. The first-order valence-corrected chi connectivity index (χ1v) is 15.7. The molecule has 0 saturated carbocycles. The summed E-state index contributed by atoms with van der Waals surface area (Å²) >= 11 is 0. The van der Waals surface area contributed by atoms with Crippen molar-refractivity contribution in [3.63, 3.8) is 0 Å². The smallest absolute Gasteiger partial charge is 0.458 e. The minimum absolute atomic E-state index is 0.0744. The number of benzene rings is 1. The van der Waals surface area contributed by atoms with Crippen LogP contribution in [0.5, 0.6) is 0 Å². The van der Waals surface area contributed by atoms with E-state index in [0.717, 1.165) is 21.6 Å². The summed E-state index contributed by atoms with van der Waals surface area (Å²) < 4.78 is 37.7. The predicted octanol–water partition coefficient (Wildman–Crippen LogP) is 1.42. The fourth-order valence-electron chi connectivity index (χ4n) is 6.15. The molecule has 6 heterocycles. The van der Waals surface area contributed by atoms with Gasteiger partial charge in [0.2, 0.25) is 5.60 Å². The Hall–Kier alpha value is -4.24. The minimum Gasteiger partial charge on any atom is -0.458 e. The quantitative estimate of drug-likeness (QED) is 0.171. The van der Waals surface area contributed by atoms with E-state index in [-0.39, 0.29) is 37.1 Å². The minimum atomic E-state index is -5.09. The third-order valence-corrected chi connectivity index (χ3v) is 9.44. The van der Waals surface area contributed by atoms with Crippen LogP contribution in [0.15, 0.2) is 63.0 Å². The van der Waals surface area contributed by atoms with Crippen LogP contribution in [0.1, 0.15) is 42.7 Å². The number of pyridine rings is 2. The van der Waals surface area contributed by atoms with Gasteiger partial charge in [-0.2, -0.15) is 0 Å². The molecule has 45 heavy (non-hydrogen) atoms. The first kappa shape index (κ1) is 29.5. The molecule has 16 heteroatoms. The van der Waals surface area contributed by atoms with Gasteiger partial charge in [-0.25, -0.2) is 19.1 Å². The van der Waals surface area contributed by atoms with Crippen molar-refractivity contribution in [3.8, 4) is 11.4 Å². The zero-order chi connectivity index (χ0) is 31.7. The molecule has 0 aliphatic carbocycles. The fourth-order valence-corrected chi connectivity index (χ4v) is 7.23. The van der Waals surface area contributed by atoms with E-state index in [2.05, 4.69) is 4.98 Å². The zero-order valence-corrected chi connectivity index (χ0v) is 24.6. The van der Waals surface area contributed by atoms with E-state index in [4.69, 9.17) is 23.5 Å². The number of rotatable bonds is 7. The van der Waals surface area contributed by atoms with Crippen molar-refractivity contribution in [2.75, 3.05) is 6.61 Å². The van der Waals surface area contributed by atoms with E-state index in [1.807, 2.05) is 30.3 Å². The van der Waals surface area contributed by atoms with Crippen molar-refractivity contribution < 1.29 is 37.9 Å². The highest BCUT2D eigenvalue weighted by molar-refractivity contribution is 7.47. The Labute approximate surface area is 253 Å². The second-order valence-corrected chi connectivity index (χ2v) is 12.4. The number of aromatic nitrogens is 4. The fraction of sp³-hybridized carbons (Fsp3) is 0.345.